The fourth-order valence-corrected chi connectivity index (χ4v) is 5.01. The lowest BCUT2D eigenvalue weighted by Crippen LogP contribution is -2.43. The highest BCUT2D eigenvalue weighted by atomic mass is 32.2. The van der Waals surface area contributed by atoms with Crippen molar-refractivity contribution < 1.29 is 4.39 Å². The first-order valence-corrected chi connectivity index (χ1v) is 11.9. The van der Waals surface area contributed by atoms with Gasteiger partial charge in [0, 0.05) is 30.0 Å². The third-order valence-electron chi connectivity index (χ3n) is 5.65. The summed E-state index contributed by atoms with van der Waals surface area (Å²) < 4.78 is 13.5. The van der Waals surface area contributed by atoms with Gasteiger partial charge in [0.15, 0.2) is 10.3 Å². The summed E-state index contributed by atoms with van der Waals surface area (Å²) in [7, 11) is 0. The lowest BCUT2D eigenvalue weighted by atomic mass is 9.69. The molecule has 0 spiro atoms. The summed E-state index contributed by atoms with van der Waals surface area (Å²) in [6, 6.07) is 10.5. The van der Waals surface area contributed by atoms with Crippen LogP contribution in [0.15, 0.2) is 59.0 Å². The van der Waals surface area contributed by atoms with Crippen LogP contribution in [0, 0.1) is 12.7 Å². The SMILES string of the molecule is Cc1cc(Sc2ncccn2)nc(NC(=S)NCC2(c3ccc(F)cc3)CCCCC2)n1. The molecule has 0 unspecified atom stereocenters. The molecular formula is C23H25FN6S2. The lowest BCUT2D eigenvalue weighted by Gasteiger charge is -2.38. The van der Waals surface area contributed by atoms with E-state index in [4.69, 9.17) is 12.2 Å². The normalized spacial score (nSPS) is 15.2. The Bertz CT molecular complexity index is 1060. The predicted octanol–water partition coefficient (Wildman–Crippen LogP) is 5.05. The second kappa shape index (κ2) is 10.3. The third-order valence-corrected chi connectivity index (χ3v) is 6.71. The van der Waals surface area contributed by atoms with Crippen LogP contribution in [-0.4, -0.2) is 31.6 Å². The highest BCUT2D eigenvalue weighted by Crippen LogP contribution is 2.39. The van der Waals surface area contributed by atoms with E-state index in [9.17, 15) is 4.39 Å². The maximum atomic E-state index is 13.5. The van der Waals surface area contributed by atoms with Gasteiger partial charge in [-0.05, 0) is 73.6 Å². The van der Waals surface area contributed by atoms with E-state index in [2.05, 4.69) is 30.6 Å². The number of hydrogen-bond donors (Lipinski definition) is 2. The summed E-state index contributed by atoms with van der Waals surface area (Å²) in [5, 5.41) is 8.30. The molecule has 2 N–H and O–H groups in total. The first kappa shape index (κ1) is 22.5. The zero-order valence-corrected chi connectivity index (χ0v) is 19.5. The molecule has 4 rings (SSSR count). The van der Waals surface area contributed by atoms with Crippen molar-refractivity contribution in [3.8, 4) is 0 Å². The van der Waals surface area contributed by atoms with Crippen LogP contribution in [0.5, 0.6) is 0 Å². The zero-order valence-electron chi connectivity index (χ0n) is 17.8. The fourth-order valence-electron chi connectivity index (χ4n) is 4.07. The molecule has 0 atom stereocenters. The van der Waals surface area contributed by atoms with Gasteiger partial charge in [-0.15, -0.1) is 0 Å². The van der Waals surface area contributed by atoms with Gasteiger partial charge in [-0.1, -0.05) is 31.4 Å². The molecule has 0 amide bonds. The van der Waals surface area contributed by atoms with Crippen molar-refractivity contribution in [3.63, 3.8) is 0 Å². The van der Waals surface area contributed by atoms with Crippen molar-refractivity contribution in [3.05, 3.63) is 65.9 Å². The van der Waals surface area contributed by atoms with Gasteiger partial charge in [0.05, 0.1) is 0 Å². The van der Waals surface area contributed by atoms with E-state index in [1.807, 2.05) is 25.1 Å². The molecule has 1 aliphatic rings. The van der Waals surface area contributed by atoms with Gasteiger partial charge in [-0.2, -0.15) is 0 Å². The van der Waals surface area contributed by atoms with Gasteiger partial charge >= 0.3 is 0 Å². The largest absolute Gasteiger partial charge is 0.361 e. The summed E-state index contributed by atoms with van der Waals surface area (Å²) in [5.41, 5.74) is 1.91. The summed E-state index contributed by atoms with van der Waals surface area (Å²) in [6.07, 6.45) is 9.03. The van der Waals surface area contributed by atoms with E-state index in [0.717, 1.165) is 42.0 Å². The number of hydrogen-bond acceptors (Lipinski definition) is 6. The van der Waals surface area contributed by atoms with E-state index in [1.165, 1.54) is 18.2 Å². The first-order valence-electron chi connectivity index (χ1n) is 10.6. The minimum atomic E-state index is -0.212. The van der Waals surface area contributed by atoms with E-state index >= 15 is 0 Å². The van der Waals surface area contributed by atoms with Crippen molar-refractivity contribution in [1.82, 2.24) is 25.3 Å². The average molecular weight is 469 g/mol. The number of nitrogens with one attached hydrogen (secondary N) is 2. The maximum absolute atomic E-state index is 13.5. The quantitative estimate of drug-likeness (QED) is 0.296. The number of thiocarbonyl (C=S) groups is 1. The van der Waals surface area contributed by atoms with Gasteiger partial charge in [-0.25, -0.2) is 24.3 Å². The van der Waals surface area contributed by atoms with Crippen molar-refractivity contribution in [2.75, 3.05) is 11.9 Å². The molecule has 32 heavy (non-hydrogen) atoms. The van der Waals surface area contributed by atoms with Gasteiger partial charge < -0.3 is 10.6 Å². The Labute approximate surface area is 196 Å². The molecule has 1 aliphatic carbocycles. The number of rotatable bonds is 6. The highest BCUT2D eigenvalue weighted by Gasteiger charge is 2.34. The molecule has 9 heteroatoms. The van der Waals surface area contributed by atoms with Crippen LogP contribution in [0.2, 0.25) is 0 Å². The molecule has 3 aromatic rings. The summed E-state index contributed by atoms with van der Waals surface area (Å²) in [6.45, 7) is 2.58. The Hall–Kier alpha value is -2.65. The molecular weight excluding hydrogens is 443 g/mol. The Morgan fingerprint density at radius 2 is 1.81 bits per heavy atom. The average Bonchev–Trinajstić information content (AvgIpc) is 2.79. The van der Waals surface area contributed by atoms with Crippen molar-refractivity contribution >= 4 is 35.0 Å². The molecule has 0 aliphatic heterocycles. The van der Waals surface area contributed by atoms with E-state index in [0.29, 0.717) is 22.8 Å². The second-order valence-electron chi connectivity index (χ2n) is 7.96. The molecule has 1 fully saturated rings. The maximum Gasteiger partial charge on any atom is 0.230 e. The number of nitrogens with zero attached hydrogens (tertiary/aromatic N) is 4. The molecule has 2 heterocycles. The van der Waals surface area contributed by atoms with Gasteiger partial charge in [0.25, 0.3) is 0 Å². The van der Waals surface area contributed by atoms with Gasteiger partial charge in [-0.3, -0.25) is 0 Å². The highest BCUT2D eigenvalue weighted by molar-refractivity contribution is 7.99. The summed E-state index contributed by atoms with van der Waals surface area (Å²) >= 11 is 6.92. The van der Waals surface area contributed by atoms with E-state index < -0.39 is 0 Å². The monoisotopic (exact) mass is 468 g/mol. The fraction of sp³-hybridized carbons (Fsp3) is 0.348. The molecule has 0 saturated heterocycles. The Morgan fingerprint density at radius 3 is 2.53 bits per heavy atom. The van der Waals surface area contributed by atoms with Crippen molar-refractivity contribution in [1.29, 1.82) is 0 Å². The first-order chi connectivity index (χ1) is 15.5. The number of benzene rings is 1. The molecule has 0 bridgehead atoms. The minimum absolute atomic E-state index is 0.0587. The molecule has 6 nitrogen and oxygen atoms in total. The Balaban J connectivity index is 1.43. The number of anilines is 1. The number of halogens is 1. The van der Waals surface area contributed by atoms with Crippen LogP contribution < -0.4 is 10.6 Å². The number of aryl methyl sites for hydroxylation is 1. The predicted molar refractivity (Wildman–Crippen MR) is 128 cm³/mol. The minimum Gasteiger partial charge on any atom is -0.361 e. The Morgan fingerprint density at radius 1 is 1.09 bits per heavy atom. The molecule has 1 aromatic carbocycles. The topological polar surface area (TPSA) is 75.6 Å². The van der Waals surface area contributed by atoms with Gasteiger partial charge in [0.2, 0.25) is 5.95 Å². The van der Waals surface area contributed by atoms with E-state index in [-0.39, 0.29) is 11.2 Å². The van der Waals surface area contributed by atoms with Crippen LogP contribution in [-0.2, 0) is 5.41 Å². The second-order valence-corrected chi connectivity index (χ2v) is 9.36. The van der Waals surface area contributed by atoms with Crippen LogP contribution in [0.4, 0.5) is 10.3 Å². The standard InChI is InChI=1S/C23H25FN6S2/c1-16-14-19(32-22-25-12-5-13-26-22)29-20(28-16)30-21(31)27-15-23(10-3-2-4-11-23)17-6-8-18(24)9-7-17/h5-9,12-14H,2-4,10-11,15H2,1H3,(H2,27,28,29,30,31). The van der Waals surface area contributed by atoms with Crippen LogP contribution in [0.25, 0.3) is 0 Å². The molecule has 0 radical (unpaired) electrons. The summed E-state index contributed by atoms with van der Waals surface area (Å²) in [5.74, 6) is 0.219. The van der Waals surface area contributed by atoms with Crippen molar-refractivity contribution in [2.24, 2.45) is 0 Å². The number of aromatic nitrogens is 4. The van der Waals surface area contributed by atoms with Crippen LogP contribution in [0.3, 0.4) is 0 Å². The van der Waals surface area contributed by atoms with Gasteiger partial charge in [0.1, 0.15) is 10.8 Å². The van der Waals surface area contributed by atoms with Crippen molar-refractivity contribution in [2.45, 2.75) is 54.6 Å². The molecule has 1 saturated carbocycles. The molecule has 2 aromatic heterocycles. The summed E-state index contributed by atoms with van der Waals surface area (Å²) in [4.78, 5) is 17.4. The van der Waals surface area contributed by atoms with Crippen LogP contribution >= 0.6 is 24.0 Å². The van der Waals surface area contributed by atoms with Crippen LogP contribution in [0.1, 0.15) is 43.4 Å². The zero-order chi connectivity index (χ0) is 22.4. The smallest absolute Gasteiger partial charge is 0.230 e. The lowest BCUT2D eigenvalue weighted by molar-refractivity contribution is 0.292. The third kappa shape index (κ3) is 5.77. The molecule has 166 valence electrons. The van der Waals surface area contributed by atoms with E-state index in [1.54, 1.807) is 30.6 Å². The Kier molecular flexibility index (Phi) is 7.26.